The minimum atomic E-state index is -1.17. The van der Waals surface area contributed by atoms with Gasteiger partial charge in [-0.15, -0.1) is 0 Å². The van der Waals surface area contributed by atoms with Gasteiger partial charge in [0.05, 0.1) is 29.1 Å². The van der Waals surface area contributed by atoms with Gasteiger partial charge in [-0.05, 0) is 36.8 Å². The number of hydrogen-bond acceptors (Lipinski definition) is 4. The van der Waals surface area contributed by atoms with Crippen LogP contribution in [-0.4, -0.2) is 20.5 Å². The number of carbonyl (C=O) groups excluding carboxylic acids is 1. The number of carbonyl (C=O) groups is 1. The Morgan fingerprint density at radius 3 is 2.93 bits per heavy atom. The second-order valence-electron chi connectivity index (χ2n) is 6.38. The van der Waals surface area contributed by atoms with Crippen molar-refractivity contribution in [3.8, 4) is 6.07 Å². The molecule has 6 heteroatoms. The van der Waals surface area contributed by atoms with E-state index < -0.39 is 5.97 Å². The largest absolute Gasteiger partial charge is 0.548 e. The van der Waals surface area contributed by atoms with E-state index in [2.05, 4.69) is 16.0 Å². The second-order valence-corrected chi connectivity index (χ2v) is 6.38. The number of imidazole rings is 1. The molecule has 0 radical (unpaired) electrons. The molecule has 1 N–H and O–H groups in total. The SMILES string of the molecule is Cc1ccc2nc(/C(C#N)=C\c3cn(CC(=O)[O-])c4ccccc34)[nH]c2c1. The van der Waals surface area contributed by atoms with Gasteiger partial charge in [-0.1, -0.05) is 24.3 Å². The number of nitriles is 1. The smallest absolute Gasteiger partial charge is 0.149 e. The van der Waals surface area contributed by atoms with Crippen molar-refractivity contribution >= 4 is 39.6 Å². The Balaban J connectivity index is 1.85. The number of carboxylic acids is 1. The summed E-state index contributed by atoms with van der Waals surface area (Å²) in [5.41, 5.74) is 4.65. The molecule has 2 aromatic heterocycles. The van der Waals surface area contributed by atoms with Gasteiger partial charge in [0, 0.05) is 22.7 Å². The molecule has 0 fully saturated rings. The summed E-state index contributed by atoms with van der Waals surface area (Å²) >= 11 is 0. The van der Waals surface area contributed by atoms with Crippen molar-refractivity contribution in [1.82, 2.24) is 14.5 Å². The first kappa shape index (κ1) is 16.6. The number of allylic oxidation sites excluding steroid dienone is 1. The summed E-state index contributed by atoms with van der Waals surface area (Å²) in [7, 11) is 0. The molecule has 0 amide bonds. The van der Waals surface area contributed by atoms with Crippen molar-refractivity contribution in [2.45, 2.75) is 13.5 Å². The average molecular weight is 355 g/mol. The zero-order valence-electron chi connectivity index (χ0n) is 14.6. The van der Waals surface area contributed by atoms with Crippen LogP contribution in [0.25, 0.3) is 33.6 Å². The lowest BCUT2D eigenvalue weighted by Gasteiger charge is -2.04. The van der Waals surface area contributed by atoms with E-state index in [0.29, 0.717) is 11.4 Å². The van der Waals surface area contributed by atoms with E-state index in [4.69, 9.17) is 0 Å². The van der Waals surface area contributed by atoms with Crippen LogP contribution in [0.2, 0.25) is 0 Å². The topological polar surface area (TPSA) is 97.5 Å². The van der Waals surface area contributed by atoms with Crippen molar-refractivity contribution in [1.29, 1.82) is 5.26 Å². The number of aliphatic carboxylic acids is 1. The molecule has 4 rings (SSSR count). The minimum absolute atomic E-state index is 0.250. The molecule has 0 aliphatic heterocycles. The van der Waals surface area contributed by atoms with Gasteiger partial charge in [0.2, 0.25) is 0 Å². The van der Waals surface area contributed by atoms with E-state index in [-0.39, 0.29) is 6.54 Å². The minimum Gasteiger partial charge on any atom is -0.548 e. The quantitative estimate of drug-likeness (QED) is 0.569. The number of fused-ring (bicyclic) bond motifs is 2. The van der Waals surface area contributed by atoms with E-state index in [9.17, 15) is 15.2 Å². The summed E-state index contributed by atoms with van der Waals surface area (Å²) in [6.45, 7) is 1.74. The highest BCUT2D eigenvalue weighted by Gasteiger charge is 2.11. The summed E-state index contributed by atoms with van der Waals surface area (Å²) in [5, 5.41) is 21.5. The third-order valence-corrected chi connectivity index (χ3v) is 4.43. The van der Waals surface area contributed by atoms with Crippen molar-refractivity contribution in [3.63, 3.8) is 0 Å². The number of para-hydroxylation sites is 1. The zero-order chi connectivity index (χ0) is 19.0. The number of rotatable bonds is 4. The first-order chi connectivity index (χ1) is 13.0. The standard InChI is InChI=1S/C21H16N4O2/c1-13-6-7-17-18(8-13)24-21(23-17)14(10-22)9-15-11-25(12-20(26)27)19-5-3-2-4-16(15)19/h2-9,11H,12H2,1H3,(H,23,24)(H,26,27)/p-1/b14-9-. The first-order valence-electron chi connectivity index (χ1n) is 8.41. The fraction of sp³-hybridized carbons (Fsp3) is 0.0952. The van der Waals surface area contributed by atoms with E-state index in [1.54, 1.807) is 16.8 Å². The summed E-state index contributed by atoms with van der Waals surface area (Å²) in [4.78, 5) is 18.7. The maximum atomic E-state index is 11.0. The maximum absolute atomic E-state index is 11.0. The highest BCUT2D eigenvalue weighted by Crippen LogP contribution is 2.26. The van der Waals surface area contributed by atoms with Gasteiger partial charge in [0.1, 0.15) is 11.9 Å². The van der Waals surface area contributed by atoms with Crippen LogP contribution < -0.4 is 5.11 Å². The maximum Gasteiger partial charge on any atom is 0.149 e. The molecule has 2 heterocycles. The second kappa shape index (κ2) is 6.46. The molecule has 27 heavy (non-hydrogen) atoms. The molecule has 0 bridgehead atoms. The first-order valence-corrected chi connectivity index (χ1v) is 8.41. The molecule has 0 atom stereocenters. The van der Waals surface area contributed by atoms with Gasteiger partial charge in [-0.2, -0.15) is 5.26 Å². The van der Waals surface area contributed by atoms with E-state index in [1.165, 1.54) is 0 Å². The number of carboxylic acid groups (broad SMARTS) is 1. The number of nitrogens with one attached hydrogen (secondary N) is 1. The van der Waals surface area contributed by atoms with Crippen molar-refractivity contribution in [2.24, 2.45) is 0 Å². The Kier molecular flexibility index (Phi) is 3.98. The van der Waals surface area contributed by atoms with Gasteiger partial charge in [0.15, 0.2) is 0 Å². The van der Waals surface area contributed by atoms with Crippen molar-refractivity contribution in [3.05, 3.63) is 65.6 Å². The number of benzene rings is 2. The summed E-state index contributed by atoms with van der Waals surface area (Å²) in [6.07, 6.45) is 3.43. The van der Waals surface area contributed by atoms with Crippen LogP contribution >= 0.6 is 0 Å². The fourth-order valence-electron chi connectivity index (χ4n) is 3.22. The molecule has 4 aromatic rings. The van der Waals surface area contributed by atoms with Crippen LogP contribution in [0.15, 0.2) is 48.7 Å². The normalized spacial score (nSPS) is 11.8. The zero-order valence-corrected chi connectivity index (χ0v) is 14.6. The molecule has 132 valence electrons. The molecule has 0 saturated carbocycles. The molecule has 0 saturated heterocycles. The van der Waals surface area contributed by atoms with Crippen LogP contribution in [0.5, 0.6) is 0 Å². The number of H-pyrrole nitrogens is 1. The summed E-state index contributed by atoms with van der Waals surface area (Å²) in [6, 6.07) is 15.5. The van der Waals surface area contributed by atoms with Gasteiger partial charge < -0.3 is 19.5 Å². The van der Waals surface area contributed by atoms with E-state index in [1.807, 2.05) is 49.4 Å². The van der Waals surface area contributed by atoms with Gasteiger partial charge in [-0.3, -0.25) is 0 Å². The molecular weight excluding hydrogens is 340 g/mol. The number of aromatic amines is 1. The van der Waals surface area contributed by atoms with Gasteiger partial charge >= 0.3 is 0 Å². The molecule has 2 aromatic carbocycles. The third-order valence-electron chi connectivity index (χ3n) is 4.43. The highest BCUT2D eigenvalue weighted by atomic mass is 16.4. The molecule has 0 spiro atoms. The molecular formula is C21H15N4O2-. The Morgan fingerprint density at radius 2 is 2.15 bits per heavy atom. The van der Waals surface area contributed by atoms with Crippen LogP contribution in [0.1, 0.15) is 17.0 Å². The predicted molar refractivity (Wildman–Crippen MR) is 101 cm³/mol. The number of aryl methyl sites for hydroxylation is 1. The van der Waals surface area contributed by atoms with Crippen molar-refractivity contribution in [2.75, 3.05) is 0 Å². The lowest BCUT2D eigenvalue weighted by Crippen LogP contribution is -2.27. The number of aromatic nitrogens is 3. The van der Waals surface area contributed by atoms with Crippen LogP contribution in [0.3, 0.4) is 0 Å². The summed E-state index contributed by atoms with van der Waals surface area (Å²) < 4.78 is 1.60. The Labute approximate surface area is 155 Å². The van der Waals surface area contributed by atoms with Gasteiger partial charge in [0.25, 0.3) is 0 Å². The lowest BCUT2D eigenvalue weighted by molar-refractivity contribution is -0.306. The van der Waals surface area contributed by atoms with E-state index in [0.717, 1.165) is 33.1 Å². The Bertz CT molecular complexity index is 1250. The fourth-order valence-corrected chi connectivity index (χ4v) is 3.22. The average Bonchev–Trinajstić information content (AvgIpc) is 3.20. The number of nitrogens with zero attached hydrogens (tertiary/aromatic N) is 3. The van der Waals surface area contributed by atoms with Gasteiger partial charge in [-0.25, -0.2) is 4.98 Å². The monoisotopic (exact) mass is 355 g/mol. The van der Waals surface area contributed by atoms with Crippen LogP contribution in [0, 0.1) is 18.3 Å². The Morgan fingerprint density at radius 1 is 1.33 bits per heavy atom. The van der Waals surface area contributed by atoms with Crippen LogP contribution in [0.4, 0.5) is 0 Å². The van der Waals surface area contributed by atoms with Crippen molar-refractivity contribution < 1.29 is 9.90 Å². The molecule has 0 aliphatic rings. The van der Waals surface area contributed by atoms with Crippen LogP contribution in [-0.2, 0) is 11.3 Å². The highest BCUT2D eigenvalue weighted by molar-refractivity contribution is 5.98. The predicted octanol–water partition coefficient (Wildman–Crippen LogP) is 2.64. The molecule has 0 unspecified atom stereocenters. The lowest BCUT2D eigenvalue weighted by atomic mass is 10.1. The number of hydrogen-bond donors (Lipinski definition) is 1. The molecule has 0 aliphatic carbocycles. The third kappa shape index (κ3) is 3.07. The summed E-state index contributed by atoms with van der Waals surface area (Å²) in [5.74, 6) is -0.686. The molecule has 6 nitrogen and oxygen atoms in total. The van der Waals surface area contributed by atoms with E-state index >= 15 is 0 Å². The Hall–Kier alpha value is -3.85.